The standard InChI is InChI=1S/C23H25N3S/c1-15-8-10-17(11-9-15)12-18-13-26(3)14-20-21(18)24-23(27)25-22(20)19-7-5-4-6-16(19)2/h4-12,22H,13-14H2,1-3H3,(H2,24,25,27)/b18-12-. The molecule has 0 amide bonds. The highest BCUT2D eigenvalue weighted by atomic mass is 32.1. The summed E-state index contributed by atoms with van der Waals surface area (Å²) >= 11 is 5.56. The summed E-state index contributed by atoms with van der Waals surface area (Å²) in [5.74, 6) is 0. The molecule has 2 heterocycles. The lowest BCUT2D eigenvalue weighted by Crippen LogP contribution is -2.49. The molecule has 0 bridgehead atoms. The Kier molecular flexibility index (Phi) is 4.85. The minimum atomic E-state index is 0.110. The van der Waals surface area contributed by atoms with Gasteiger partial charge in [0.1, 0.15) is 0 Å². The second kappa shape index (κ2) is 7.29. The number of hydrogen-bond acceptors (Lipinski definition) is 2. The summed E-state index contributed by atoms with van der Waals surface area (Å²) in [6, 6.07) is 17.3. The molecule has 0 fully saturated rings. The van der Waals surface area contributed by atoms with Crippen LogP contribution in [0.4, 0.5) is 0 Å². The van der Waals surface area contributed by atoms with Gasteiger partial charge in [-0.05, 0) is 67.0 Å². The Morgan fingerprint density at radius 3 is 2.52 bits per heavy atom. The van der Waals surface area contributed by atoms with Gasteiger partial charge in [-0.1, -0.05) is 54.1 Å². The summed E-state index contributed by atoms with van der Waals surface area (Å²) in [5.41, 5.74) is 8.89. The minimum absolute atomic E-state index is 0.110. The van der Waals surface area contributed by atoms with Crippen molar-refractivity contribution in [1.29, 1.82) is 0 Å². The molecule has 27 heavy (non-hydrogen) atoms. The van der Waals surface area contributed by atoms with Crippen molar-refractivity contribution in [3.63, 3.8) is 0 Å². The third kappa shape index (κ3) is 3.68. The zero-order chi connectivity index (χ0) is 19.0. The van der Waals surface area contributed by atoms with Crippen molar-refractivity contribution < 1.29 is 0 Å². The molecule has 138 valence electrons. The number of benzene rings is 2. The van der Waals surface area contributed by atoms with Crippen molar-refractivity contribution in [3.05, 3.63) is 87.6 Å². The van der Waals surface area contributed by atoms with Crippen molar-refractivity contribution in [2.75, 3.05) is 20.1 Å². The van der Waals surface area contributed by atoms with E-state index in [0.29, 0.717) is 5.11 Å². The second-order valence-corrected chi connectivity index (χ2v) is 7.95. The monoisotopic (exact) mass is 375 g/mol. The average Bonchev–Trinajstić information content (AvgIpc) is 2.64. The third-order valence-electron chi connectivity index (χ3n) is 5.30. The van der Waals surface area contributed by atoms with Crippen LogP contribution in [0.3, 0.4) is 0 Å². The zero-order valence-corrected chi connectivity index (χ0v) is 16.9. The number of aryl methyl sites for hydroxylation is 2. The highest BCUT2D eigenvalue weighted by Gasteiger charge is 2.32. The molecule has 0 spiro atoms. The quantitative estimate of drug-likeness (QED) is 0.773. The van der Waals surface area contributed by atoms with E-state index in [2.05, 4.69) is 91.0 Å². The molecular formula is C23H25N3S. The molecule has 1 atom stereocenters. The van der Waals surface area contributed by atoms with Crippen molar-refractivity contribution in [3.8, 4) is 0 Å². The number of nitrogens with zero attached hydrogens (tertiary/aromatic N) is 1. The summed E-state index contributed by atoms with van der Waals surface area (Å²) in [6.45, 7) is 6.11. The lowest BCUT2D eigenvalue weighted by molar-refractivity contribution is 0.363. The van der Waals surface area contributed by atoms with Crippen LogP contribution in [0.1, 0.15) is 28.3 Å². The van der Waals surface area contributed by atoms with Crippen LogP contribution >= 0.6 is 12.2 Å². The molecule has 2 N–H and O–H groups in total. The van der Waals surface area contributed by atoms with E-state index in [9.17, 15) is 0 Å². The largest absolute Gasteiger partial charge is 0.352 e. The van der Waals surface area contributed by atoms with Crippen molar-refractivity contribution >= 4 is 23.4 Å². The summed E-state index contributed by atoms with van der Waals surface area (Å²) in [6.07, 6.45) is 2.28. The van der Waals surface area contributed by atoms with Gasteiger partial charge >= 0.3 is 0 Å². The number of hydrogen-bond donors (Lipinski definition) is 2. The van der Waals surface area contributed by atoms with E-state index in [1.54, 1.807) is 0 Å². The van der Waals surface area contributed by atoms with Crippen LogP contribution in [-0.2, 0) is 0 Å². The number of nitrogens with one attached hydrogen (secondary N) is 2. The van der Waals surface area contributed by atoms with Crippen LogP contribution in [0.25, 0.3) is 6.08 Å². The van der Waals surface area contributed by atoms with Gasteiger partial charge in [0.15, 0.2) is 5.11 Å². The molecule has 2 aromatic rings. The lowest BCUT2D eigenvalue weighted by atomic mass is 9.87. The zero-order valence-electron chi connectivity index (χ0n) is 16.0. The van der Waals surface area contributed by atoms with E-state index in [4.69, 9.17) is 12.2 Å². The van der Waals surface area contributed by atoms with E-state index in [1.165, 1.54) is 39.1 Å². The Morgan fingerprint density at radius 2 is 1.78 bits per heavy atom. The van der Waals surface area contributed by atoms with Crippen LogP contribution in [0, 0.1) is 13.8 Å². The van der Waals surface area contributed by atoms with Crippen LogP contribution in [0.5, 0.6) is 0 Å². The molecule has 0 aromatic heterocycles. The van der Waals surface area contributed by atoms with Crippen LogP contribution in [0.15, 0.2) is 65.4 Å². The number of rotatable bonds is 2. The summed E-state index contributed by atoms with van der Waals surface area (Å²) in [5, 5.41) is 7.63. The van der Waals surface area contributed by atoms with E-state index < -0.39 is 0 Å². The van der Waals surface area contributed by atoms with Crippen LogP contribution < -0.4 is 10.6 Å². The minimum Gasteiger partial charge on any atom is -0.352 e. The predicted octanol–water partition coefficient (Wildman–Crippen LogP) is 4.11. The summed E-state index contributed by atoms with van der Waals surface area (Å²) in [7, 11) is 2.18. The lowest BCUT2D eigenvalue weighted by Gasteiger charge is -2.39. The SMILES string of the molecule is Cc1ccc(/C=C2/CN(C)CC3=C2NC(=S)NC3c2ccccc2C)cc1. The smallest absolute Gasteiger partial charge is 0.171 e. The van der Waals surface area contributed by atoms with E-state index >= 15 is 0 Å². The first-order chi connectivity index (χ1) is 13.0. The maximum atomic E-state index is 5.56. The molecule has 2 aromatic carbocycles. The normalized spacial score (nSPS) is 21.7. The van der Waals surface area contributed by atoms with Crippen molar-refractivity contribution in [1.82, 2.24) is 15.5 Å². The second-order valence-electron chi connectivity index (χ2n) is 7.54. The summed E-state index contributed by atoms with van der Waals surface area (Å²) < 4.78 is 0. The first-order valence-corrected chi connectivity index (χ1v) is 9.74. The molecule has 0 aliphatic carbocycles. The highest BCUT2D eigenvalue weighted by molar-refractivity contribution is 7.80. The Hall–Kier alpha value is -2.43. The van der Waals surface area contributed by atoms with Crippen molar-refractivity contribution in [2.45, 2.75) is 19.9 Å². The highest BCUT2D eigenvalue weighted by Crippen LogP contribution is 2.34. The number of thiocarbonyl (C=S) groups is 1. The molecule has 1 unspecified atom stereocenters. The molecule has 2 aliphatic heterocycles. The van der Waals surface area contributed by atoms with Crippen LogP contribution in [-0.4, -0.2) is 30.1 Å². The van der Waals surface area contributed by atoms with Crippen molar-refractivity contribution in [2.24, 2.45) is 0 Å². The molecule has 4 rings (SSSR count). The van der Waals surface area contributed by atoms with E-state index in [1.807, 2.05) is 0 Å². The fourth-order valence-corrected chi connectivity index (χ4v) is 4.14. The summed E-state index contributed by atoms with van der Waals surface area (Å²) in [4.78, 5) is 2.36. The van der Waals surface area contributed by atoms with E-state index in [-0.39, 0.29) is 6.04 Å². The maximum absolute atomic E-state index is 5.56. The molecule has 0 saturated carbocycles. The van der Waals surface area contributed by atoms with Gasteiger partial charge in [0.2, 0.25) is 0 Å². The Balaban J connectivity index is 1.81. The fraction of sp³-hybridized carbons (Fsp3) is 0.261. The van der Waals surface area contributed by atoms with Gasteiger partial charge in [0.05, 0.1) is 6.04 Å². The third-order valence-corrected chi connectivity index (χ3v) is 5.52. The Morgan fingerprint density at radius 1 is 1.04 bits per heavy atom. The number of likely N-dealkylation sites (N-methyl/N-ethyl adjacent to an activating group) is 1. The van der Waals surface area contributed by atoms with Gasteiger partial charge in [0, 0.05) is 18.8 Å². The molecule has 0 radical (unpaired) electrons. The van der Waals surface area contributed by atoms with E-state index in [0.717, 1.165) is 13.1 Å². The molecule has 0 saturated heterocycles. The average molecular weight is 376 g/mol. The van der Waals surface area contributed by atoms with Crippen LogP contribution in [0.2, 0.25) is 0 Å². The van der Waals surface area contributed by atoms with Gasteiger partial charge in [-0.2, -0.15) is 0 Å². The van der Waals surface area contributed by atoms with Gasteiger partial charge in [-0.25, -0.2) is 0 Å². The van der Waals surface area contributed by atoms with Gasteiger partial charge < -0.3 is 10.6 Å². The molecule has 4 heteroatoms. The topological polar surface area (TPSA) is 27.3 Å². The molecule has 2 aliphatic rings. The molecular weight excluding hydrogens is 350 g/mol. The first kappa shape index (κ1) is 18.0. The Labute approximate surface area is 166 Å². The van der Waals surface area contributed by atoms with Gasteiger partial charge in [0.25, 0.3) is 0 Å². The maximum Gasteiger partial charge on any atom is 0.171 e. The first-order valence-electron chi connectivity index (χ1n) is 9.33. The fourth-order valence-electron chi connectivity index (χ4n) is 3.92. The predicted molar refractivity (Wildman–Crippen MR) is 116 cm³/mol. The molecule has 3 nitrogen and oxygen atoms in total. The Bertz CT molecular complexity index is 940. The van der Waals surface area contributed by atoms with Gasteiger partial charge in [-0.3, -0.25) is 4.90 Å². The van der Waals surface area contributed by atoms with Gasteiger partial charge in [-0.15, -0.1) is 0 Å².